The van der Waals surface area contributed by atoms with Gasteiger partial charge in [0.25, 0.3) is 0 Å². The fraction of sp³-hybridized carbons (Fsp3) is 0.375. The summed E-state index contributed by atoms with van der Waals surface area (Å²) in [7, 11) is 0. The number of thiazole rings is 1. The summed E-state index contributed by atoms with van der Waals surface area (Å²) in [6, 6.07) is 7.38. The Bertz CT molecular complexity index is 691. The zero-order valence-electron chi connectivity index (χ0n) is 12.7. The topological polar surface area (TPSA) is 63.2 Å². The number of carbonyl (C=O) groups excluding carboxylic acids is 1. The molecule has 7 heteroatoms. The number of amides is 1. The van der Waals surface area contributed by atoms with Crippen LogP contribution in [0.1, 0.15) is 17.4 Å². The molecule has 2 heterocycles. The maximum absolute atomic E-state index is 12.3. The summed E-state index contributed by atoms with van der Waals surface area (Å²) < 4.78 is 5.49. The predicted molar refractivity (Wildman–Crippen MR) is 92.2 cm³/mol. The SMILES string of the molecule is C[C@H]1OCCN[C@@H]1C(=O)Nc1ncc(Cc2ccccc2Cl)s1. The molecule has 1 aliphatic rings. The quantitative estimate of drug-likeness (QED) is 0.889. The molecule has 1 amide bonds. The van der Waals surface area contributed by atoms with E-state index in [-0.39, 0.29) is 18.1 Å². The highest BCUT2D eigenvalue weighted by atomic mass is 35.5. The highest BCUT2D eigenvalue weighted by Gasteiger charge is 2.28. The number of hydrogen-bond donors (Lipinski definition) is 2. The Morgan fingerprint density at radius 3 is 3.13 bits per heavy atom. The van der Waals surface area contributed by atoms with Crippen molar-refractivity contribution in [1.29, 1.82) is 0 Å². The minimum Gasteiger partial charge on any atom is -0.375 e. The molecule has 0 unspecified atom stereocenters. The van der Waals surface area contributed by atoms with Crippen LogP contribution in [0.2, 0.25) is 5.02 Å². The van der Waals surface area contributed by atoms with E-state index < -0.39 is 0 Å². The Hall–Kier alpha value is -1.47. The van der Waals surface area contributed by atoms with Gasteiger partial charge in [-0.3, -0.25) is 4.79 Å². The number of rotatable bonds is 4. The highest BCUT2D eigenvalue weighted by molar-refractivity contribution is 7.15. The van der Waals surface area contributed by atoms with E-state index in [0.717, 1.165) is 15.5 Å². The van der Waals surface area contributed by atoms with Crippen molar-refractivity contribution in [3.8, 4) is 0 Å². The first-order chi connectivity index (χ1) is 11.1. The van der Waals surface area contributed by atoms with Crippen molar-refractivity contribution in [3.63, 3.8) is 0 Å². The van der Waals surface area contributed by atoms with Crippen LogP contribution < -0.4 is 10.6 Å². The van der Waals surface area contributed by atoms with Crippen LogP contribution in [-0.2, 0) is 16.0 Å². The van der Waals surface area contributed by atoms with Crippen molar-refractivity contribution in [3.05, 3.63) is 45.9 Å². The van der Waals surface area contributed by atoms with Gasteiger partial charge in [0, 0.05) is 29.1 Å². The van der Waals surface area contributed by atoms with Crippen LogP contribution in [0.15, 0.2) is 30.5 Å². The summed E-state index contributed by atoms with van der Waals surface area (Å²) in [6.07, 6.45) is 2.33. The number of benzene rings is 1. The molecule has 1 aromatic heterocycles. The van der Waals surface area contributed by atoms with Crippen LogP contribution in [0, 0.1) is 0 Å². The van der Waals surface area contributed by atoms with E-state index >= 15 is 0 Å². The summed E-state index contributed by atoms with van der Waals surface area (Å²) in [5.41, 5.74) is 1.05. The number of hydrogen-bond acceptors (Lipinski definition) is 5. The first-order valence-corrected chi connectivity index (χ1v) is 8.67. The summed E-state index contributed by atoms with van der Waals surface area (Å²) in [5.74, 6) is -0.115. The molecule has 23 heavy (non-hydrogen) atoms. The van der Waals surface area contributed by atoms with Gasteiger partial charge in [-0.2, -0.15) is 0 Å². The van der Waals surface area contributed by atoms with Crippen molar-refractivity contribution >= 4 is 34.0 Å². The van der Waals surface area contributed by atoms with Crippen LogP contribution >= 0.6 is 22.9 Å². The third kappa shape index (κ3) is 4.09. The van der Waals surface area contributed by atoms with Gasteiger partial charge >= 0.3 is 0 Å². The monoisotopic (exact) mass is 351 g/mol. The first-order valence-electron chi connectivity index (χ1n) is 7.47. The average molecular weight is 352 g/mol. The van der Waals surface area contributed by atoms with Crippen LogP contribution in [0.25, 0.3) is 0 Å². The minimum absolute atomic E-state index is 0.115. The number of carbonyl (C=O) groups is 1. The van der Waals surface area contributed by atoms with Gasteiger partial charge in [-0.05, 0) is 18.6 Å². The summed E-state index contributed by atoms with van der Waals surface area (Å²) >= 11 is 7.63. The molecular weight excluding hydrogens is 334 g/mol. The fourth-order valence-corrected chi connectivity index (χ4v) is 3.53. The number of halogens is 1. The van der Waals surface area contributed by atoms with E-state index in [9.17, 15) is 4.79 Å². The fourth-order valence-electron chi connectivity index (χ4n) is 2.49. The van der Waals surface area contributed by atoms with Crippen LogP contribution in [0.4, 0.5) is 5.13 Å². The molecule has 0 bridgehead atoms. The van der Waals surface area contributed by atoms with Crippen molar-refractivity contribution in [1.82, 2.24) is 10.3 Å². The molecule has 2 aromatic rings. The van der Waals surface area contributed by atoms with E-state index in [2.05, 4.69) is 15.6 Å². The van der Waals surface area contributed by atoms with Crippen molar-refractivity contribution in [2.75, 3.05) is 18.5 Å². The number of ether oxygens (including phenoxy) is 1. The Kier molecular flexibility index (Phi) is 5.27. The number of nitrogens with one attached hydrogen (secondary N) is 2. The van der Waals surface area contributed by atoms with E-state index in [1.807, 2.05) is 31.2 Å². The lowest BCUT2D eigenvalue weighted by molar-refractivity contribution is -0.123. The van der Waals surface area contributed by atoms with Crippen molar-refractivity contribution in [2.45, 2.75) is 25.5 Å². The molecule has 0 aliphatic carbocycles. The lowest BCUT2D eigenvalue weighted by Gasteiger charge is -2.28. The van der Waals surface area contributed by atoms with Gasteiger partial charge < -0.3 is 15.4 Å². The van der Waals surface area contributed by atoms with E-state index in [4.69, 9.17) is 16.3 Å². The summed E-state index contributed by atoms with van der Waals surface area (Å²) in [5, 5.41) is 7.35. The largest absolute Gasteiger partial charge is 0.375 e. The number of morpholine rings is 1. The second-order valence-electron chi connectivity index (χ2n) is 5.40. The molecule has 0 saturated carbocycles. The second-order valence-corrected chi connectivity index (χ2v) is 6.92. The number of anilines is 1. The van der Waals surface area contributed by atoms with Gasteiger partial charge in [-0.1, -0.05) is 29.8 Å². The molecule has 0 radical (unpaired) electrons. The maximum Gasteiger partial charge on any atom is 0.245 e. The van der Waals surface area contributed by atoms with E-state index in [1.165, 1.54) is 11.3 Å². The van der Waals surface area contributed by atoms with Gasteiger partial charge in [0.05, 0.1) is 12.7 Å². The van der Waals surface area contributed by atoms with Gasteiger partial charge in [0.1, 0.15) is 6.04 Å². The first kappa shape index (κ1) is 16.4. The Morgan fingerprint density at radius 2 is 2.35 bits per heavy atom. The van der Waals surface area contributed by atoms with Crippen LogP contribution in [0.3, 0.4) is 0 Å². The Morgan fingerprint density at radius 1 is 1.52 bits per heavy atom. The van der Waals surface area contributed by atoms with Crippen LogP contribution in [0.5, 0.6) is 0 Å². The molecule has 0 spiro atoms. The van der Waals surface area contributed by atoms with Crippen molar-refractivity contribution in [2.24, 2.45) is 0 Å². The summed E-state index contributed by atoms with van der Waals surface area (Å²) in [6.45, 7) is 3.20. The van der Waals surface area contributed by atoms with Gasteiger partial charge in [0.15, 0.2) is 5.13 Å². The molecule has 2 N–H and O–H groups in total. The molecule has 5 nitrogen and oxygen atoms in total. The molecule has 122 valence electrons. The normalized spacial score (nSPS) is 21.1. The van der Waals surface area contributed by atoms with E-state index in [1.54, 1.807) is 6.20 Å². The minimum atomic E-state index is -0.348. The lowest BCUT2D eigenvalue weighted by Crippen LogP contribution is -2.53. The highest BCUT2D eigenvalue weighted by Crippen LogP contribution is 2.25. The Labute approximate surface area is 144 Å². The van der Waals surface area contributed by atoms with Gasteiger partial charge in [-0.15, -0.1) is 11.3 Å². The summed E-state index contributed by atoms with van der Waals surface area (Å²) in [4.78, 5) is 17.6. The number of aromatic nitrogens is 1. The van der Waals surface area contributed by atoms with E-state index in [0.29, 0.717) is 24.7 Å². The maximum atomic E-state index is 12.3. The van der Waals surface area contributed by atoms with Gasteiger partial charge in [-0.25, -0.2) is 4.98 Å². The van der Waals surface area contributed by atoms with Crippen LogP contribution in [-0.4, -0.2) is 36.2 Å². The zero-order chi connectivity index (χ0) is 16.2. The molecule has 2 atom stereocenters. The second kappa shape index (κ2) is 7.40. The molecule has 1 aromatic carbocycles. The molecule has 1 aliphatic heterocycles. The standard InChI is InChI=1S/C16H18ClN3O2S/c1-10-14(18-6-7-22-10)15(21)20-16-19-9-12(23-16)8-11-4-2-3-5-13(11)17/h2-5,9-10,14,18H,6-8H2,1H3,(H,19,20,21)/t10-,14+/m1/s1. The Balaban J connectivity index is 1.63. The lowest BCUT2D eigenvalue weighted by atomic mass is 10.1. The molecule has 1 saturated heterocycles. The average Bonchev–Trinajstić information content (AvgIpc) is 2.97. The van der Waals surface area contributed by atoms with Gasteiger partial charge in [0.2, 0.25) is 5.91 Å². The molecule has 3 rings (SSSR count). The molecular formula is C16H18ClN3O2S. The number of nitrogens with zero attached hydrogens (tertiary/aromatic N) is 1. The smallest absolute Gasteiger partial charge is 0.245 e. The third-order valence-electron chi connectivity index (χ3n) is 3.71. The third-order valence-corrected chi connectivity index (χ3v) is 4.99. The zero-order valence-corrected chi connectivity index (χ0v) is 14.3. The van der Waals surface area contributed by atoms with Crippen molar-refractivity contribution < 1.29 is 9.53 Å². The molecule has 1 fully saturated rings. The predicted octanol–water partition coefficient (Wildman–Crippen LogP) is 2.70.